The largest absolute Gasteiger partial charge is 0.454 e. The van der Waals surface area contributed by atoms with E-state index in [1.807, 2.05) is 76.9 Å². The normalized spacial score (nSPS) is 39.5. The molecule has 1 aromatic carbocycles. The number of methoxy groups -OCH3 is 1. The zero-order valence-corrected chi connectivity index (χ0v) is 39.7. The van der Waals surface area contributed by atoms with E-state index in [1.54, 1.807) is 34.7 Å². The quantitative estimate of drug-likeness (QED) is 0.252. The van der Waals surface area contributed by atoms with Gasteiger partial charge < -0.3 is 64.4 Å². The number of aliphatic hydroxyl groups excluding tert-OH is 1. The third kappa shape index (κ3) is 12.5. The Labute approximate surface area is 378 Å². The molecule has 64 heavy (non-hydrogen) atoms. The van der Waals surface area contributed by atoms with Crippen molar-refractivity contribution in [2.75, 3.05) is 40.8 Å². The number of carbonyl (C=O) groups excluding carboxylic acids is 4. The molecule has 1 aromatic rings. The van der Waals surface area contributed by atoms with E-state index in [-0.39, 0.29) is 62.4 Å². The number of benzene rings is 1. The van der Waals surface area contributed by atoms with Gasteiger partial charge in [-0.25, -0.2) is 4.99 Å². The maximum Gasteiger partial charge on any atom is 0.288 e. The van der Waals surface area contributed by atoms with Crippen molar-refractivity contribution in [3.8, 4) is 0 Å². The van der Waals surface area contributed by atoms with E-state index in [0.717, 1.165) is 5.56 Å². The number of ether oxygens (including phenoxy) is 6. The van der Waals surface area contributed by atoms with Crippen LogP contribution in [0.15, 0.2) is 35.3 Å². The van der Waals surface area contributed by atoms with Gasteiger partial charge in [0.05, 0.1) is 60.7 Å². The van der Waals surface area contributed by atoms with Gasteiger partial charge in [0.25, 0.3) is 6.02 Å². The van der Waals surface area contributed by atoms with Crippen LogP contribution in [0.5, 0.6) is 0 Å². The maximum atomic E-state index is 14.3. The first kappa shape index (κ1) is 51.1. The highest BCUT2D eigenvalue weighted by Gasteiger charge is 2.54. The van der Waals surface area contributed by atoms with Crippen LogP contribution in [0.1, 0.15) is 87.1 Å². The van der Waals surface area contributed by atoms with Crippen molar-refractivity contribution < 1.29 is 57.8 Å². The number of carbonyl (C=O) groups is 4. The van der Waals surface area contributed by atoms with Crippen LogP contribution in [0.2, 0.25) is 0 Å². The van der Waals surface area contributed by atoms with Gasteiger partial charge in [0, 0.05) is 52.6 Å². The highest BCUT2D eigenvalue weighted by atomic mass is 16.7. The summed E-state index contributed by atoms with van der Waals surface area (Å²) in [6.07, 6.45) is -5.68. The van der Waals surface area contributed by atoms with E-state index in [0.29, 0.717) is 12.4 Å². The second-order valence-corrected chi connectivity index (χ2v) is 19.2. The smallest absolute Gasteiger partial charge is 0.288 e. The van der Waals surface area contributed by atoms with E-state index in [2.05, 4.69) is 16.0 Å². The van der Waals surface area contributed by atoms with Gasteiger partial charge in [0.1, 0.15) is 12.1 Å². The molecule has 4 heterocycles. The van der Waals surface area contributed by atoms with E-state index >= 15 is 0 Å². The molecule has 18 nitrogen and oxygen atoms in total. The predicted molar refractivity (Wildman–Crippen MR) is 237 cm³/mol. The Morgan fingerprint density at radius 3 is 2.27 bits per heavy atom. The van der Waals surface area contributed by atoms with Crippen LogP contribution in [-0.4, -0.2) is 169 Å². The van der Waals surface area contributed by atoms with Gasteiger partial charge in [-0.05, 0) is 65.9 Å². The molecule has 7 unspecified atom stereocenters. The molecule has 360 valence electrons. The molecule has 5 rings (SSSR count). The summed E-state index contributed by atoms with van der Waals surface area (Å²) in [6, 6.07) is 8.36. The zero-order chi connectivity index (χ0) is 47.3. The Morgan fingerprint density at radius 2 is 1.61 bits per heavy atom. The first-order valence-electron chi connectivity index (χ1n) is 22.7. The summed E-state index contributed by atoms with van der Waals surface area (Å²) in [5, 5.41) is 32.0. The number of aliphatic imine (C=N–C) groups is 1. The molecule has 0 spiro atoms. The second kappa shape index (κ2) is 21.6. The Bertz CT molecular complexity index is 1790. The molecular formula is C46H74N6O12. The number of nitrogens with one attached hydrogen (secondary N) is 3. The highest BCUT2D eigenvalue weighted by Crippen LogP contribution is 2.40. The van der Waals surface area contributed by atoms with Gasteiger partial charge >= 0.3 is 0 Å². The van der Waals surface area contributed by atoms with Crippen LogP contribution >= 0.6 is 0 Å². The van der Waals surface area contributed by atoms with E-state index < -0.39 is 96.4 Å². The number of likely N-dealkylation sites (N-methyl/N-ethyl adjacent to an activating group) is 2. The highest BCUT2D eigenvalue weighted by molar-refractivity contribution is 5.92. The number of nitrogens with zero attached hydrogens (tertiary/aromatic N) is 3. The molecule has 0 aliphatic carbocycles. The molecule has 18 heteroatoms. The number of amidine groups is 1. The zero-order valence-electron chi connectivity index (χ0n) is 39.7. The molecular weight excluding hydrogens is 829 g/mol. The van der Waals surface area contributed by atoms with Crippen LogP contribution in [0.3, 0.4) is 0 Å². The molecule has 5 N–H and O–H groups in total. The lowest BCUT2D eigenvalue weighted by Gasteiger charge is -2.48. The lowest BCUT2D eigenvalue weighted by Crippen LogP contribution is -2.60. The minimum atomic E-state index is -1.65. The van der Waals surface area contributed by atoms with Crippen molar-refractivity contribution in [1.82, 2.24) is 25.8 Å². The summed E-state index contributed by atoms with van der Waals surface area (Å²) in [5.41, 5.74) is -1.93. The van der Waals surface area contributed by atoms with E-state index in [4.69, 9.17) is 33.4 Å². The van der Waals surface area contributed by atoms with Gasteiger partial charge in [-0.3, -0.25) is 19.2 Å². The van der Waals surface area contributed by atoms with Gasteiger partial charge in [-0.15, -0.1) is 0 Å². The van der Waals surface area contributed by atoms with Gasteiger partial charge in [-0.2, -0.15) is 0 Å². The average molecular weight is 903 g/mol. The minimum Gasteiger partial charge on any atom is -0.454 e. The van der Waals surface area contributed by atoms with Crippen LogP contribution in [0.4, 0.5) is 0 Å². The summed E-state index contributed by atoms with van der Waals surface area (Å²) in [4.78, 5) is 63.1. The second-order valence-electron chi connectivity index (χ2n) is 19.2. The minimum absolute atomic E-state index is 0.0388. The summed E-state index contributed by atoms with van der Waals surface area (Å²) in [5.74, 6) is -4.21. The van der Waals surface area contributed by atoms with Gasteiger partial charge in [0.15, 0.2) is 18.7 Å². The molecule has 0 aromatic heterocycles. The third-order valence-corrected chi connectivity index (χ3v) is 13.1. The molecule has 4 fully saturated rings. The number of fused-ring (bicyclic) bond motifs is 1. The molecule has 0 bridgehead atoms. The van der Waals surface area contributed by atoms with Crippen molar-refractivity contribution >= 4 is 29.7 Å². The Balaban J connectivity index is 1.54. The Hall–Kier alpha value is -3.91. The van der Waals surface area contributed by atoms with Crippen LogP contribution in [0.25, 0.3) is 0 Å². The van der Waals surface area contributed by atoms with Crippen molar-refractivity contribution in [2.24, 2.45) is 22.7 Å². The molecule has 4 saturated heterocycles. The fourth-order valence-electron chi connectivity index (χ4n) is 9.61. The molecule has 4 amide bonds. The standard InChI is InChI=1S/C46H74N6O12/c1-25(2)49-44-52(11)33-18-27(4)60-43(38(33)63-44)64-40-28(5)37(62-36-21-46(9,59-12)39(55)30(7)61-36)29(6)41(56)47-22-34(53)50-32(19-31-16-14-13-15-17-31)42(57)48-23-35(54)51(10)24-26(3)20-45(40,8)58/h13-17,25-30,32-33,36-40,43,55,58H,18-24H2,1-12H3,(H,47,56)(H,48,57)(H,50,53)/t26-,27?,28+,29?,30?,32-,33?,36+,37?,38-,39+,40-,43?,45-,46?/m1/s1. The molecule has 4 aliphatic heterocycles. The Kier molecular flexibility index (Phi) is 17.2. The van der Waals surface area contributed by atoms with Gasteiger partial charge in [-0.1, -0.05) is 51.1 Å². The van der Waals surface area contributed by atoms with E-state index in [9.17, 15) is 29.4 Å². The summed E-state index contributed by atoms with van der Waals surface area (Å²) in [6.45, 7) is 15.8. The summed E-state index contributed by atoms with van der Waals surface area (Å²) < 4.78 is 38.7. The van der Waals surface area contributed by atoms with Crippen molar-refractivity contribution in [2.45, 2.75) is 167 Å². The van der Waals surface area contributed by atoms with Crippen LogP contribution < -0.4 is 16.0 Å². The van der Waals surface area contributed by atoms with Crippen LogP contribution in [0, 0.1) is 17.8 Å². The van der Waals surface area contributed by atoms with Crippen molar-refractivity contribution in [3.05, 3.63) is 35.9 Å². The number of amides is 4. The fourth-order valence-corrected chi connectivity index (χ4v) is 9.61. The number of hydrogen-bond donors (Lipinski definition) is 5. The summed E-state index contributed by atoms with van der Waals surface area (Å²) >= 11 is 0. The number of hydrogen-bond acceptors (Lipinski definition) is 13. The maximum absolute atomic E-state index is 14.3. The molecule has 0 saturated carbocycles. The average Bonchev–Trinajstić information content (AvgIpc) is 3.53. The first-order valence-corrected chi connectivity index (χ1v) is 22.7. The summed E-state index contributed by atoms with van der Waals surface area (Å²) in [7, 11) is 5.05. The van der Waals surface area contributed by atoms with Crippen molar-refractivity contribution in [1.29, 1.82) is 0 Å². The van der Waals surface area contributed by atoms with Crippen molar-refractivity contribution in [3.63, 3.8) is 0 Å². The fraction of sp³-hybridized carbons (Fsp3) is 0.761. The Morgan fingerprint density at radius 1 is 0.938 bits per heavy atom. The van der Waals surface area contributed by atoms with Crippen LogP contribution in [-0.2, 0) is 54.0 Å². The lowest BCUT2D eigenvalue weighted by atomic mass is 9.77. The lowest BCUT2D eigenvalue weighted by molar-refractivity contribution is -0.313. The monoisotopic (exact) mass is 903 g/mol. The molecule has 15 atom stereocenters. The number of rotatable bonds is 8. The van der Waals surface area contributed by atoms with Gasteiger partial charge in [0.2, 0.25) is 23.6 Å². The first-order chi connectivity index (χ1) is 30.0. The SMILES string of the molecule is COC1(C)C[C@H](OC2C(C)C(=O)NCC(=O)N[C@H](Cc3ccccc3)C(=O)NCC(=O)N(C)C[C@H](C)C[C@@](C)(O)[C@H](OC3OC(C)CC4[C@H]3OC(=NC(C)C)N4C)[C@H]2C)OC(C)[C@@H]1O. The third-order valence-electron chi connectivity index (χ3n) is 13.1. The topological polar surface area (TPSA) is 219 Å². The molecule has 4 aliphatic rings. The van der Waals surface area contributed by atoms with E-state index in [1.165, 1.54) is 12.0 Å². The predicted octanol–water partition coefficient (Wildman–Crippen LogP) is 1.74. The number of aliphatic hydroxyl groups is 2. The molecule has 0 radical (unpaired) electrons.